The summed E-state index contributed by atoms with van der Waals surface area (Å²) in [6, 6.07) is 7.05. The van der Waals surface area contributed by atoms with E-state index in [4.69, 9.17) is 14.0 Å². The summed E-state index contributed by atoms with van der Waals surface area (Å²) >= 11 is 0. The van der Waals surface area contributed by atoms with Crippen LogP contribution in [0.3, 0.4) is 0 Å². The van der Waals surface area contributed by atoms with Crippen LogP contribution in [0.5, 0.6) is 5.75 Å². The summed E-state index contributed by atoms with van der Waals surface area (Å²) in [5.74, 6) is 1.32. The fourth-order valence-corrected chi connectivity index (χ4v) is 2.49. The van der Waals surface area contributed by atoms with Gasteiger partial charge in [0.05, 0.1) is 11.3 Å². The molecular formula is C17H20N2O4. The van der Waals surface area contributed by atoms with E-state index in [0.29, 0.717) is 24.5 Å². The number of nitrogens with one attached hydrogen (secondary N) is 1. The largest absolute Gasteiger partial charge is 0.489 e. The van der Waals surface area contributed by atoms with E-state index in [1.165, 1.54) is 0 Å². The van der Waals surface area contributed by atoms with Crippen molar-refractivity contribution in [3.63, 3.8) is 0 Å². The molecule has 1 atom stereocenters. The maximum Gasteiger partial charge on any atom is 0.253 e. The quantitative estimate of drug-likeness (QED) is 0.918. The molecule has 3 rings (SSSR count). The van der Waals surface area contributed by atoms with Crippen LogP contribution in [0.1, 0.15) is 40.2 Å². The first-order valence-electron chi connectivity index (χ1n) is 7.70. The lowest BCUT2D eigenvalue weighted by atomic mass is 10.2. The van der Waals surface area contributed by atoms with Crippen molar-refractivity contribution in [2.75, 3.05) is 6.61 Å². The second-order valence-corrected chi connectivity index (χ2v) is 5.59. The van der Waals surface area contributed by atoms with Crippen LogP contribution in [0.4, 0.5) is 0 Å². The molecule has 1 aliphatic heterocycles. The lowest BCUT2D eigenvalue weighted by Crippen LogP contribution is -2.33. The summed E-state index contributed by atoms with van der Waals surface area (Å²) < 4.78 is 16.2. The molecule has 1 aromatic carbocycles. The van der Waals surface area contributed by atoms with E-state index in [0.717, 1.165) is 29.9 Å². The zero-order chi connectivity index (χ0) is 16.2. The summed E-state index contributed by atoms with van der Waals surface area (Å²) in [5.41, 5.74) is 2.37. The van der Waals surface area contributed by atoms with Gasteiger partial charge in [0.15, 0.2) is 0 Å². The monoisotopic (exact) mass is 316 g/mol. The number of rotatable bonds is 5. The molecule has 1 saturated heterocycles. The molecule has 1 aliphatic rings. The molecule has 6 nitrogen and oxygen atoms in total. The predicted molar refractivity (Wildman–Crippen MR) is 83.2 cm³/mol. The minimum absolute atomic E-state index is 0.130. The molecule has 0 aliphatic carbocycles. The second kappa shape index (κ2) is 6.83. The highest BCUT2D eigenvalue weighted by molar-refractivity contribution is 5.94. The molecule has 6 heteroatoms. The van der Waals surface area contributed by atoms with Gasteiger partial charge in [0.2, 0.25) is 0 Å². The highest BCUT2D eigenvalue weighted by Crippen LogP contribution is 2.18. The van der Waals surface area contributed by atoms with Gasteiger partial charge in [0.1, 0.15) is 24.3 Å². The van der Waals surface area contributed by atoms with Gasteiger partial charge in [-0.2, -0.15) is 0 Å². The van der Waals surface area contributed by atoms with E-state index in [1.54, 1.807) is 24.3 Å². The van der Waals surface area contributed by atoms with Crippen LogP contribution in [0.25, 0.3) is 0 Å². The van der Waals surface area contributed by atoms with Crippen molar-refractivity contribution < 1.29 is 18.8 Å². The summed E-state index contributed by atoms with van der Waals surface area (Å²) in [5, 5.41) is 6.76. The van der Waals surface area contributed by atoms with Gasteiger partial charge in [0.25, 0.3) is 5.91 Å². The Bertz CT molecular complexity index is 653. The Morgan fingerprint density at radius 2 is 2.13 bits per heavy atom. The van der Waals surface area contributed by atoms with Crippen molar-refractivity contribution in [2.24, 2.45) is 0 Å². The van der Waals surface area contributed by atoms with Crippen LogP contribution in [0.2, 0.25) is 0 Å². The van der Waals surface area contributed by atoms with E-state index in [9.17, 15) is 4.79 Å². The predicted octanol–water partition coefficient (Wildman–Crippen LogP) is 2.74. The third-order valence-electron chi connectivity index (χ3n) is 3.90. The SMILES string of the molecule is Cc1noc(C)c1COc1ccc(C(=O)NC2CCCO2)cc1. The molecule has 1 aromatic heterocycles. The first-order valence-corrected chi connectivity index (χ1v) is 7.70. The van der Waals surface area contributed by atoms with Gasteiger partial charge in [0, 0.05) is 12.2 Å². The number of amides is 1. The maximum atomic E-state index is 12.1. The Morgan fingerprint density at radius 1 is 1.35 bits per heavy atom. The Kier molecular flexibility index (Phi) is 4.62. The van der Waals surface area contributed by atoms with Crippen molar-refractivity contribution in [3.8, 4) is 5.75 Å². The van der Waals surface area contributed by atoms with Crippen molar-refractivity contribution in [2.45, 2.75) is 39.5 Å². The Labute approximate surface area is 134 Å². The second-order valence-electron chi connectivity index (χ2n) is 5.59. The van der Waals surface area contributed by atoms with Crippen molar-refractivity contribution in [1.29, 1.82) is 0 Å². The average Bonchev–Trinajstić information content (AvgIpc) is 3.17. The lowest BCUT2D eigenvalue weighted by molar-refractivity contribution is 0.0640. The minimum atomic E-state index is -0.169. The maximum absolute atomic E-state index is 12.1. The standard InChI is InChI=1S/C17H20N2O4/c1-11-15(12(2)23-19-11)10-22-14-7-5-13(6-8-14)17(20)18-16-4-3-9-21-16/h5-8,16H,3-4,9-10H2,1-2H3,(H,18,20). The van der Waals surface area contributed by atoms with Gasteiger partial charge >= 0.3 is 0 Å². The number of hydrogen-bond acceptors (Lipinski definition) is 5. The van der Waals surface area contributed by atoms with Crippen LogP contribution in [0.15, 0.2) is 28.8 Å². The van der Waals surface area contributed by atoms with Gasteiger partial charge in [-0.3, -0.25) is 4.79 Å². The highest BCUT2D eigenvalue weighted by atomic mass is 16.5. The van der Waals surface area contributed by atoms with Gasteiger partial charge in [-0.25, -0.2) is 0 Å². The number of aromatic nitrogens is 1. The first kappa shape index (κ1) is 15.6. The third-order valence-corrected chi connectivity index (χ3v) is 3.90. The summed E-state index contributed by atoms with van der Waals surface area (Å²) in [7, 11) is 0. The molecule has 0 radical (unpaired) electrons. The molecule has 0 bridgehead atoms. The van der Waals surface area contributed by atoms with Gasteiger partial charge in [-0.05, 0) is 51.0 Å². The molecule has 23 heavy (non-hydrogen) atoms. The minimum Gasteiger partial charge on any atom is -0.489 e. The van der Waals surface area contributed by atoms with E-state index in [-0.39, 0.29) is 12.1 Å². The van der Waals surface area contributed by atoms with Crippen molar-refractivity contribution in [1.82, 2.24) is 10.5 Å². The molecule has 2 heterocycles. The summed E-state index contributed by atoms with van der Waals surface area (Å²) in [6.07, 6.45) is 1.68. The topological polar surface area (TPSA) is 73.6 Å². The Balaban J connectivity index is 1.57. The molecule has 0 spiro atoms. The number of hydrogen-bond donors (Lipinski definition) is 1. The van der Waals surface area contributed by atoms with E-state index < -0.39 is 0 Å². The first-order chi connectivity index (χ1) is 11.1. The number of carbonyl (C=O) groups excluding carboxylic acids is 1. The fourth-order valence-electron chi connectivity index (χ4n) is 2.49. The Morgan fingerprint density at radius 3 is 2.74 bits per heavy atom. The van der Waals surface area contributed by atoms with E-state index >= 15 is 0 Å². The normalized spacial score (nSPS) is 17.2. The molecule has 1 amide bonds. The zero-order valence-corrected chi connectivity index (χ0v) is 13.3. The summed E-state index contributed by atoms with van der Waals surface area (Å²) in [6.45, 7) is 4.84. The smallest absolute Gasteiger partial charge is 0.253 e. The number of ether oxygens (including phenoxy) is 2. The van der Waals surface area contributed by atoms with Crippen LogP contribution < -0.4 is 10.1 Å². The van der Waals surface area contributed by atoms with Crippen molar-refractivity contribution in [3.05, 3.63) is 46.8 Å². The molecule has 1 unspecified atom stereocenters. The fraction of sp³-hybridized carbons (Fsp3) is 0.412. The van der Waals surface area contributed by atoms with Crippen LogP contribution in [-0.2, 0) is 11.3 Å². The van der Waals surface area contributed by atoms with Gasteiger partial charge in [-0.1, -0.05) is 5.16 Å². The number of nitrogens with zero attached hydrogens (tertiary/aromatic N) is 1. The molecule has 1 N–H and O–H groups in total. The van der Waals surface area contributed by atoms with E-state index in [1.807, 2.05) is 13.8 Å². The third kappa shape index (κ3) is 3.71. The van der Waals surface area contributed by atoms with Crippen LogP contribution in [0, 0.1) is 13.8 Å². The number of benzene rings is 1. The zero-order valence-electron chi connectivity index (χ0n) is 13.3. The molecule has 0 saturated carbocycles. The molecule has 122 valence electrons. The number of carbonyl (C=O) groups is 1. The van der Waals surface area contributed by atoms with Crippen LogP contribution in [-0.4, -0.2) is 23.9 Å². The summed E-state index contributed by atoms with van der Waals surface area (Å²) in [4.78, 5) is 12.1. The highest BCUT2D eigenvalue weighted by Gasteiger charge is 2.18. The molecule has 2 aromatic rings. The Hall–Kier alpha value is -2.34. The van der Waals surface area contributed by atoms with Crippen LogP contribution >= 0.6 is 0 Å². The van der Waals surface area contributed by atoms with Gasteiger partial charge in [-0.15, -0.1) is 0 Å². The lowest BCUT2D eigenvalue weighted by Gasteiger charge is -2.12. The van der Waals surface area contributed by atoms with Crippen molar-refractivity contribution >= 4 is 5.91 Å². The molecule has 1 fully saturated rings. The number of aryl methyl sites for hydroxylation is 2. The van der Waals surface area contributed by atoms with E-state index in [2.05, 4.69) is 10.5 Å². The molecular weight excluding hydrogens is 296 g/mol. The van der Waals surface area contributed by atoms with Gasteiger partial charge < -0.3 is 19.3 Å². The average molecular weight is 316 g/mol.